The zero-order chi connectivity index (χ0) is 27.6. The quantitative estimate of drug-likeness (QED) is 0.240. The molecule has 1 aromatic heterocycles. The van der Waals surface area contributed by atoms with E-state index in [9.17, 15) is 74.6 Å². The zero-order valence-corrected chi connectivity index (χ0v) is 18.8. The maximum Gasteiger partial charge on any atom is 0.460 e. The van der Waals surface area contributed by atoms with Crippen LogP contribution >= 0.6 is 43.2 Å². The van der Waals surface area contributed by atoms with Gasteiger partial charge >= 0.3 is 47.6 Å². The SMILES string of the molecule is FC(F)(F)C(F)(F)C(F)(F)C(F)(F)C(F)(F)C(F)(F)C(F)(F)C(F)(F)/C=C/c1cc(Br)sc1Br. The van der Waals surface area contributed by atoms with E-state index in [-0.39, 0.29) is 13.6 Å². The fourth-order valence-corrected chi connectivity index (χ4v) is 4.70. The molecule has 0 spiro atoms. The number of halogens is 19. The highest BCUT2D eigenvalue weighted by molar-refractivity contribution is 9.12. The van der Waals surface area contributed by atoms with Gasteiger partial charge in [0.2, 0.25) is 0 Å². The summed E-state index contributed by atoms with van der Waals surface area (Å²) in [7, 11) is 0. The molecule has 0 atom stereocenters. The van der Waals surface area contributed by atoms with Gasteiger partial charge in [-0.25, -0.2) is 0 Å². The van der Waals surface area contributed by atoms with Gasteiger partial charge in [-0.2, -0.15) is 74.6 Å². The van der Waals surface area contributed by atoms with E-state index in [1.165, 1.54) is 0 Å². The van der Waals surface area contributed by atoms with Crippen LogP contribution in [0.2, 0.25) is 0 Å². The molecule has 0 fully saturated rings. The zero-order valence-electron chi connectivity index (χ0n) is 14.8. The lowest BCUT2D eigenvalue weighted by Gasteiger charge is -2.42. The molecule has 0 aliphatic heterocycles. The molecule has 1 rings (SSSR count). The molecule has 0 unspecified atom stereocenters. The molecule has 1 heterocycles. The minimum Gasteiger partial charge on any atom is -0.195 e. The minimum atomic E-state index is -8.63. The molecule has 0 saturated heterocycles. The van der Waals surface area contributed by atoms with Gasteiger partial charge in [0.05, 0.1) is 7.57 Å². The Hall–Kier alpha value is -0.790. The van der Waals surface area contributed by atoms with Crippen molar-refractivity contribution in [3.05, 3.63) is 25.3 Å². The number of allylic oxidation sites excluding steroid dienone is 1. The van der Waals surface area contributed by atoms with Gasteiger partial charge in [0, 0.05) is 5.56 Å². The molecular formula is C14H3Br2F17S. The van der Waals surface area contributed by atoms with E-state index in [4.69, 9.17) is 0 Å². The molecule has 0 nitrogen and oxygen atoms in total. The summed E-state index contributed by atoms with van der Waals surface area (Å²) in [5.41, 5.74) is -0.496. The van der Waals surface area contributed by atoms with E-state index < -0.39 is 59.3 Å². The van der Waals surface area contributed by atoms with Crippen LogP contribution in [0.4, 0.5) is 74.6 Å². The van der Waals surface area contributed by atoms with Crippen LogP contribution in [-0.2, 0) is 0 Å². The van der Waals surface area contributed by atoms with Crippen molar-refractivity contribution in [3.63, 3.8) is 0 Å². The smallest absolute Gasteiger partial charge is 0.195 e. The fourth-order valence-electron chi connectivity index (χ4n) is 1.94. The number of hydrogen-bond acceptors (Lipinski definition) is 1. The maximum atomic E-state index is 13.7. The lowest BCUT2D eigenvalue weighted by Crippen LogP contribution is -2.74. The number of alkyl halides is 17. The Bertz CT molecular complexity index is 927. The third kappa shape index (κ3) is 4.43. The lowest BCUT2D eigenvalue weighted by molar-refractivity contribution is -0.459. The van der Waals surface area contributed by atoms with Crippen molar-refractivity contribution in [3.8, 4) is 0 Å². The third-order valence-corrected chi connectivity index (χ3v) is 6.29. The molecule has 1 aromatic rings. The highest BCUT2D eigenvalue weighted by Gasteiger charge is 2.95. The van der Waals surface area contributed by atoms with Crippen molar-refractivity contribution in [2.75, 3.05) is 0 Å². The molecule has 20 heteroatoms. The fraction of sp³-hybridized carbons (Fsp3) is 0.571. The Morgan fingerprint density at radius 2 is 0.912 bits per heavy atom. The predicted octanol–water partition coefficient (Wildman–Crippen LogP) is 9.30. The summed E-state index contributed by atoms with van der Waals surface area (Å²) in [6.07, 6.45) is -9.11. The summed E-state index contributed by atoms with van der Waals surface area (Å²) < 4.78 is 223. The Morgan fingerprint density at radius 1 is 0.559 bits per heavy atom. The molecule has 0 aliphatic rings. The van der Waals surface area contributed by atoms with E-state index in [2.05, 4.69) is 31.9 Å². The first-order valence-corrected chi connectivity index (χ1v) is 9.89. The summed E-state index contributed by atoms with van der Waals surface area (Å²) in [4.78, 5) is 0. The first kappa shape index (κ1) is 31.2. The normalized spacial score (nSPS) is 16.0. The van der Waals surface area contributed by atoms with Crippen molar-refractivity contribution in [2.24, 2.45) is 0 Å². The van der Waals surface area contributed by atoms with Crippen molar-refractivity contribution in [1.29, 1.82) is 0 Å². The van der Waals surface area contributed by atoms with Gasteiger partial charge in [-0.05, 0) is 44.0 Å². The van der Waals surface area contributed by atoms with Crippen LogP contribution in [0.15, 0.2) is 19.7 Å². The van der Waals surface area contributed by atoms with Crippen molar-refractivity contribution < 1.29 is 74.6 Å². The van der Waals surface area contributed by atoms with Crippen molar-refractivity contribution >= 4 is 49.3 Å². The van der Waals surface area contributed by atoms with Crippen LogP contribution in [0.1, 0.15) is 5.56 Å². The minimum absolute atomic E-state index is 0.110. The molecule has 0 aromatic carbocycles. The summed E-state index contributed by atoms with van der Waals surface area (Å²) in [5, 5.41) is 0. The highest BCUT2D eigenvalue weighted by atomic mass is 79.9. The van der Waals surface area contributed by atoms with Crippen LogP contribution < -0.4 is 0 Å². The van der Waals surface area contributed by atoms with Gasteiger partial charge in [0.15, 0.2) is 0 Å². The Morgan fingerprint density at radius 3 is 1.24 bits per heavy atom. The van der Waals surface area contributed by atoms with E-state index in [1.807, 2.05) is 0 Å². The summed E-state index contributed by atoms with van der Waals surface area (Å²) in [6, 6.07) is 0.875. The molecule has 0 N–H and O–H groups in total. The molecule has 0 bridgehead atoms. The van der Waals surface area contributed by atoms with Gasteiger partial charge < -0.3 is 0 Å². The predicted molar refractivity (Wildman–Crippen MR) is 89.4 cm³/mol. The van der Waals surface area contributed by atoms with Crippen LogP contribution in [0.3, 0.4) is 0 Å². The van der Waals surface area contributed by atoms with Crippen molar-refractivity contribution in [1.82, 2.24) is 0 Å². The second-order valence-corrected chi connectivity index (χ2v) is 9.93. The first-order chi connectivity index (χ1) is 14.6. The van der Waals surface area contributed by atoms with E-state index in [0.29, 0.717) is 11.3 Å². The number of rotatable bonds is 8. The monoisotopic (exact) mass is 684 g/mol. The molecule has 0 saturated carbocycles. The average Bonchev–Trinajstić information content (AvgIpc) is 2.95. The topological polar surface area (TPSA) is 0 Å². The van der Waals surface area contributed by atoms with Gasteiger partial charge in [-0.3, -0.25) is 0 Å². The number of thiophene rings is 1. The first-order valence-electron chi connectivity index (χ1n) is 7.49. The number of hydrogen-bond donors (Lipinski definition) is 0. The standard InChI is InChI=1S/C14H3Br2F17S/c15-5-3-4(6(16)34-5)1-2-7(17,18)8(19,20)9(21,22)10(23,24)11(25,26)12(27,28)13(29,30)14(31,32)33/h1-3H/b2-1+. The van der Waals surface area contributed by atoms with Gasteiger partial charge in [0.25, 0.3) is 0 Å². The molecular weight excluding hydrogens is 683 g/mol. The second-order valence-electron chi connectivity index (χ2n) is 6.18. The van der Waals surface area contributed by atoms with Gasteiger partial charge in [0.1, 0.15) is 0 Å². The van der Waals surface area contributed by atoms with E-state index in [1.54, 1.807) is 0 Å². The molecule has 0 amide bonds. The highest BCUT2D eigenvalue weighted by Crippen LogP contribution is 2.64. The Kier molecular flexibility index (Phi) is 7.95. The maximum absolute atomic E-state index is 13.7. The summed E-state index contributed by atoms with van der Waals surface area (Å²) in [5.74, 6) is -56.5. The third-order valence-electron chi connectivity index (χ3n) is 3.90. The van der Waals surface area contributed by atoms with Gasteiger partial charge in [-0.15, -0.1) is 11.3 Å². The van der Waals surface area contributed by atoms with Crippen LogP contribution in [0.25, 0.3) is 6.08 Å². The second kappa shape index (κ2) is 8.65. The lowest BCUT2D eigenvalue weighted by atomic mass is 9.89. The Labute approximate surface area is 197 Å². The van der Waals surface area contributed by atoms with E-state index in [0.717, 1.165) is 6.07 Å². The molecule has 198 valence electrons. The summed E-state index contributed by atoms with van der Waals surface area (Å²) >= 11 is 6.14. The molecule has 34 heavy (non-hydrogen) atoms. The van der Waals surface area contributed by atoms with E-state index >= 15 is 0 Å². The van der Waals surface area contributed by atoms with Crippen LogP contribution in [-0.4, -0.2) is 47.6 Å². The molecule has 0 aliphatic carbocycles. The average molecular weight is 686 g/mol. The van der Waals surface area contributed by atoms with Gasteiger partial charge in [-0.1, -0.05) is 6.08 Å². The molecule has 0 radical (unpaired) electrons. The van der Waals surface area contributed by atoms with Crippen LogP contribution in [0.5, 0.6) is 0 Å². The van der Waals surface area contributed by atoms with Crippen LogP contribution in [0, 0.1) is 0 Å². The van der Waals surface area contributed by atoms with Crippen molar-refractivity contribution in [2.45, 2.75) is 47.6 Å². The largest absolute Gasteiger partial charge is 0.460 e. The summed E-state index contributed by atoms with van der Waals surface area (Å²) in [6.45, 7) is 0. The Balaban J connectivity index is 3.60.